The van der Waals surface area contributed by atoms with Crippen molar-refractivity contribution in [2.24, 2.45) is 11.7 Å². The highest BCUT2D eigenvalue weighted by molar-refractivity contribution is 4.89. The first-order valence-electron chi connectivity index (χ1n) is 6.07. The number of rotatable bonds is 4. The highest BCUT2D eigenvalue weighted by Crippen LogP contribution is 2.34. The van der Waals surface area contributed by atoms with E-state index in [1.54, 1.807) is 0 Å². The molecule has 3 N–H and O–H groups in total. The van der Waals surface area contributed by atoms with E-state index < -0.39 is 5.60 Å². The third-order valence-electron chi connectivity index (χ3n) is 3.68. The highest BCUT2D eigenvalue weighted by atomic mass is 16.3. The molecule has 1 rings (SSSR count). The van der Waals surface area contributed by atoms with Crippen LogP contribution >= 0.6 is 0 Å². The molecule has 0 aromatic heterocycles. The van der Waals surface area contributed by atoms with Gasteiger partial charge in [-0.05, 0) is 38.0 Å². The average Bonchev–Trinajstić information content (AvgIpc) is 2.14. The highest BCUT2D eigenvalue weighted by Gasteiger charge is 2.34. The van der Waals surface area contributed by atoms with Gasteiger partial charge in [-0.15, -0.1) is 0 Å². The van der Waals surface area contributed by atoms with Crippen LogP contribution in [-0.4, -0.2) is 16.7 Å². The van der Waals surface area contributed by atoms with Crippen LogP contribution in [-0.2, 0) is 0 Å². The summed E-state index contributed by atoms with van der Waals surface area (Å²) in [4.78, 5) is 0. The normalized spacial score (nSPS) is 33.6. The van der Waals surface area contributed by atoms with E-state index in [4.69, 9.17) is 5.73 Å². The van der Waals surface area contributed by atoms with Crippen LogP contribution in [0.1, 0.15) is 58.8 Å². The van der Waals surface area contributed by atoms with Gasteiger partial charge in [-0.2, -0.15) is 0 Å². The van der Waals surface area contributed by atoms with E-state index in [1.807, 2.05) is 0 Å². The molecule has 14 heavy (non-hydrogen) atoms. The van der Waals surface area contributed by atoms with Gasteiger partial charge in [-0.1, -0.05) is 26.7 Å². The summed E-state index contributed by atoms with van der Waals surface area (Å²) in [6.45, 7) is 4.42. The Morgan fingerprint density at radius 3 is 2.57 bits per heavy atom. The first-order valence-corrected chi connectivity index (χ1v) is 6.07. The van der Waals surface area contributed by atoms with Gasteiger partial charge in [0.05, 0.1) is 5.60 Å². The molecule has 0 saturated heterocycles. The second-order valence-corrected chi connectivity index (χ2v) is 4.97. The first-order chi connectivity index (χ1) is 6.59. The molecule has 1 saturated carbocycles. The molecule has 2 unspecified atom stereocenters. The van der Waals surface area contributed by atoms with Crippen LogP contribution in [0.25, 0.3) is 0 Å². The lowest BCUT2D eigenvalue weighted by molar-refractivity contribution is -0.0241. The van der Waals surface area contributed by atoms with Crippen molar-refractivity contribution in [1.29, 1.82) is 0 Å². The summed E-state index contributed by atoms with van der Waals surface area (Å²) >= 11 is 0. The fraction of sp³-hybridized carbons (Fsp3) is 1.00. The minimum Gasteiger partial charge on any atom is -0.390 e. The van der Waals surface area contributed by atoms with Crippen LogP contribution in [0.15, 0.2) is 0 Å². The predicted molar refractivity (Wildman–Crippen MR) is 60.1 cm³/mol. The third-order valence-corrected chi connectivity index (χ3v) is 3.68. The minimum atomic E-state index is -0.450. The number of nitrogens with two attached hydrogens (primary N) is 1. The minimum absolute atomic E-state index is 0.225. The zero-order valence-corrected chi connectivity index (χ0v) is 9.63. The van der Waals surface area contributed by atoms with Gasteiger partial charge in [0.1, 0.15) is 0 Å². The van der Waals surface area contributed by atoms with Crippen LogP contribution in [0.4, 0.5) is 0 Å². The maximum atomic E-state index is 10.4. The Hall–Kier alpha value is -0.0800. The van der Waals surface area contributed by atoms with Gasteiger partial charge in [0, 0.05) is 6.04 Å². The molecule has 2 atom stereocenters. The van der Waals surface area contributed by atoms with Crippen molar-refractivity contribution in [3.05, 3.63) is 0 Å². The van der Waals surface area contributed by atoms with Crippen LogP contribution in [0.3, 0.4) is 0 Å². The largest absolute Gasteiger partial charge is 0.390 e. The quantitative estimate of drug-likeness (QED) is 0.730. The molecule has 0 heterocycles. The number of hydrogen-bond donors (Lipinski definition) is 2. The first kappa shape index (κ1) is 12.0. The van der Waals surface area contributed by atoms with Gasteiger partial charge >= 0.3 is 0 Å². The molecular formula is C12H25NO. The predicted octanol–water partition coefficient (Wildman–Crippen LogP) is 2.45. The molecule has 0 bridgehead atoms. The number of aliphatic hydroxyl groups is 1. The van der Waals surface area contributed by atoms with E-state index in [2.05, 4.69) is 13.8 Å². The summed E-state index contributed by atoms with van der Waals surface area (Å²) in [5, 5.41) is 10.4. The van der Waals surface area contributed by atoms with Crippen molar-refractivity contribution in [3.63, 3.8) is 0 Å². The summed E-state index contributed by atoms with van der Waals surface area (Å²) in [5.41, 5.74) is 5.46. The Bertz CT molecular complexity index is 168. The van der Waals surface area contributed by atoms with Crippen molar-refractivity contribution in [2.45, 2.75) is 70.4 Å². The van der Waals surface area contributed by atoms with Gasteiger partial charge in [0.2, 0.25) is 0 Å². The lowest BCUT2D eigenvalue weighted by atomic mass is 9.76. The van der Waals surface area contributed by atoms with E-state index in [9.17, 15) is 5.11 Å². The van der Waals surface area contributed by atoms with Crippen molar-refractivity contribution in [3.8, 4) is 0 Å². The number of hydrogen-bond acceptors (Lipinski definition) is 2. The van der Waals surface area contributed by atoms with Crippen molar-refractivity contribution in [2.75, 3.05) is 0 Å². The van der Waals surface area contributed by atoms with Crippen LogP contribution in [0.5, 0.6) is 0 Å². The molecule has 0 radical (unpaired) electrons. The summed E-state index contributed by atoms with van der Waals surface area (Å²) in [6, 6.07) is 0.225. The average molecular weight is 199 g/mol. The maximum Gasteiger partial charge on any atom is 0.0665 e. The molecule has 0 spiro atoms. The van der Waals surface area contributed by atoms with Gasteiger partial charge in [-0.25, -0.2) is 0 Å². The van der Waals surface area contributed by atoms with Gasteiger partial charge in [0.15, 0.2) is 0 Å². The Labute approximate surface area is 87.9 Å². The summed E-state index contributed by atoms with van der Waals surface area (Å²) in [6.07, 6.45) is 7.25. The maximum absolute atomic E-state index is 10.4. The van der Waals surface area contributed by atoms with Crippen LogP contribution in [0.2, 0.25) is 0 Å². The molecule has 1 fully saturated rings. The van der Waals surface area contributed by atoms with Gasteiger partial charge < -0.3 is 10.8 Å². The third kappa shape index (κ3) is 3.25. The zero-order valence-electron chi connectivity index (χ0n) is 9.63. The molecule has 0 amide bonds. The molecular weight excluding hydrogens is 174 g/mol. The fourth-order valence-corrected chi connectivity index (χ4v) is 2.69. The van der Waals surface area contributed by atoms with Crippen LogP contribution < -0.4 is 5.73 Å². The smallest absolute Gasteiger partial charge is 0.0665 e. The summed E-state index contributed by atoms with van der Waals surface area (Å²) < 4.78 is 0. The van der Waals surface area contributed by atoms with Gasteiger partial charge in [0.25, 0.3) is 0 Å². The van der Waals surface area contributed by atoms with E-state index in [1.165, 1.54) is 12.8 Å². The zero-order chi connectivity index (χ0) is 10.6. The van der Waals surface area contributed by atoms with Gasteiger partial charge in [-0.3, -0.25) is 0 Å². The van der Waals surface area contributed by atoms with E-state index in [-0.39, 0.29) is 6.04 Å². The second kappa shape index (κ2) is 5.13. The summed E-state index contributed by atoms with van der Waals surface area (Å²) in [5.74, 6) is 0.672. The van der Waals surface area contributed by atoms with E-state index >= 15 is 0 Å². The molecule has 2 nitrogen and oxygen atoms in total. The monoisotopic (exact) mass is 199 g/mol. The van der Waals surface area contributed by atoms with E-state index in [0.717, 1.165) is 32.1 Å². The van der Waals surface area contributed by atoms with Crippen molar-refractivity contribution >= 4 is 0 Å². The Morgan fingerprint density at radius 2 is 2.07 bits per heavy atom. The molecule has 1 aliphatic carbocycles. The SMILES string of the molecule is CCC(CC)CC1(O)CCCC(N)C1. The topological polar surface area (TPSA) is 46.2 Å². The molecule has 2 heteroatoms. The Balaban J connectivity index is 2.46. The van der Waals surface area contributed by atoms with Crippen molar-refractivity contribution in [1.82, 2.24) is 0 Å². The Kier molecular flexibility index (Phi) is 4.39. The summed E-state index contributed by atoms with van der Waals surface area (Å²) in [7, 11) is 0. The van der Waals surface area contributed by atoms with Crippen LogP contribution in [0, 0.1) is 5.92 Å². The molecule has 0 aromatic carbocycles. The second-order valence-electron chi connectivity index (χ2n) is 4.97. The molecule has 0 aliphatic heterocycles. The molecule has 84 valence electrons. The molecule has 1 aliphatic rings. The van der Waals surface area contributed by atoms with E-state index in [0.29, 0.717) is 5.92 Å². The molecule has 0 aromatic rings. The lowest BCUT2D eigenvalue weighted by Crippen LogP contribution is -2.42. The van der Waals surface area contributed by atoms with Crippen molar-refractivity contribution < 1.29 is 5.11 Å². The lowest BCUT2D eigenvalue weighted by Gasteiger charge is -2.37. The fourth-order valence-electron chi connectivity index (χ4n) is 2.69. The standard InChI is InChI=1S/C12H25NO/c1-3-10(4-2)8-12(14)7-5-6-11(13)9-12/h10-11,14H,3-9,13H2,1-2H3. The Morgan fingerprint density at radius 1 is 1.43 bits per heavy atom.